The van der Waals surface area contributed by atoms with Gasteiger partial charge in [0.25, 0.3) is 0 Å². The number of nitrogens with one attached hydrogen (secondary N) is 1. The number of amides is 1. The Morgan fingerprint density at radius 3 is 2.79 bits per heavy atom. The average molecular weight is 259 g/mol. The zero-order valence-corrected chi connectivity index (χ0v) is 10.8. The van der Waals surface area contributed by atoms with Crippen LogP contribution in [0.2, 0.25) is 0 Å². The van der Waals surface area contributed by atoms with E-state index in [0.29, 0.717) is 11.3 Å². The SMILES string of the molecule is Cn1nccc1CCNc1ccc(C(N)=O)cc1N. The van der Waals surface area contributed by atoms with Gasteiger partial charge in [-0.05, 0) is 24.3 Å². The molecule has 0 saturated carbocycles. The van der Waals surface area contributed by atoms with Crippen LogP contribution < -0.4 is 16.8 Å². The first-order chi connectivity index (χ1) is 9.08. The van der Waals surface area contributed by atoms with Gasteiger partial charge in [0.05, 0.1) is 11.4 Å². The van der Waals surface area contributed by atoms with Crippen molar-refractivity contribution in [2.24, 2.45) is 12.8 Å². The first kappa shape index (κ1) is 12.9. The van der Waals surface area contributed by atoms with Crippen LogP contribution in [0.3, 0.4) is 0 Å². The second kappa shape index (κ2) is 5.43. The molecule has 0 fully saturated rings. The van der Waals surface area contributed by atoms with Gasteiger partial charge in [-0.15, -0.1) is 0 Å². The van der Waals surface area contributed by atoms with Crippen molar-refractivity contribution >= 4 is 17.3 Å². The third-order valence-electron chi connectivity index (χ3n) is 2.96. The molecule has 0 radical (unpaired) electrons. The minimum atomic E-state index is -0.479. The second-order valence-corrected chi connectivity index (χ2v) is 4.29. The number of hydrogen-bond donors (Lipinski definition) is 3. The maximum absolute atomic E-state index is 11.0. The summed E-state index contributed by atoms with van der Waals surface area (Å²) in [5.41, 5.74) is 13.9. The van der Waals surface area contributed by atoms with Crippen molar-refractivity contribution in [2.75, 3.05) is 17.6 Å². The number of benzene rings is 1. The van der Waals surface area contributed by atoms with Crippen LogP contribution >= 0.6 is 0 Å². The summed E-state index contributed by atoms with van der Waals surface area (Å²) in [6.07, 6.45) is 2.61. The monoisotopic (exact) mass is 259 g/mol. The molecule has 0 aliphatic carbocycles. The van der Waals surface area contributed by atoms with Gasteiger partial charge in [0, 0.05) is 37.5 Å². The molecule has 0 aliphatic heterocycles. The fraction of sp³-hybridized carbons (Fsp3) is 0.231. The number of aromatic nitrogens is 2. The smallest absolute Gasteiger partial charge is 0.248 e. The number of nitrogen functional groups attached to an aromatic ring is 1. The lowest BCUT2D eigenvalue weighted by atomic mass is 10.1. The molecule has 2 aromatic rings. The Balaban J connectivity index is 1.96. The van der Waals surface area contributed by atoms with Gasteiger partial charge in [-0.3, -0.25) is 9.48 Å². The molecule has 6 nitrogen and oxygen atoms in total. The summed E-state index contributed by atoms with van der Waals surface area (Å²) in [4.78, 5) is 11.0. The highest BCUT2D eigenvalue weighted by molar-refractivity contribution is 5.94. The Labute approximate surface area is 111 Å². The van der Waals surface area contributed by atoms with Crippen molar-refractivity contribution in [3.05, 3.63) is 41.7 Å². The van der Waals surface area contributed by atoms with Gasteiger partial charge < -0.3 is 16.8 Å². The topological polar surface area (TPSA) is 99.0 Å². The molecule has 0 unspecified atom stereocenters. The van der Waals surface area contributed by atoms with Crippen molar-refractivity contribution in [3.63, 3.8) is 0 Å². The lowest BCUT2D eigenvalue weighted by molar-refractivity contribution is 0.100. The molecule has 5 N–H and O–H groups in total. The van der Waals surface area contributed by atoms with Gasteiger partial charge in [-0.2, -0.15) is 5.10 Å². The Hall–Kier alpha value is -2.50. The zero-order chi connectivity index (χ0) is 13.8. The van der Waals surface area contributed by atoms with Crippen LogP contribution in [-0.2, 0) is 13.5 Å². The van der Waals surface area contributed by atoms with Crippen LogP contribution in [0.1, 0.15) is 16.1 Å². The van der Waals surface area contributed by atoms with E-state index in [0.717, 1.165) is 24.3 Å². The van der Waals surface area contributed by atoms with Gasteiger partial charge in [-0.1, -0.05) is 0 Å². The summed E-state index contributed by atoms with van der Waals surface area (Å²) in [5.74, 6) is -0.479. The number of carbonyl (C=O) groups is 1. The van der Waals surface area contributed by atoms with Crippen LogP contribution in [0, 0.1) is 0 Å². The molecular formula is C13H17N5O. The lowest BCUT2D eigenvalue weighted by Gasteiger charge is -2.10. The summed E-state index contributed by atoms with van der Waals surface area (Å²) >= 11 is 0. The summed E-state index contributed by atoms with van der Waals surface area (Å²) < 4.78 is 1.83. The van der Waals surface area contributed by atoms with E-state index in [1.54, 1.807) is 24.4 Å². The molecule has 0 bridgehead atoms. The van der Waals surface area contributed by atoms with Gasteiger partial charge in [0.15, 0.2) is 0 Å². The molecular weight excluding hydrogens is 242 g/mol. The van der Waals surface area contributed by atoms with Crippen LogP contribution in [-0.4, -0.2) is 22.2 Å². The van der Waals surface area contributed by atoms with Gasteiger partial charge >= 0.3 is 0 Å². The van der Waals surface area contributed by atoms with Crippen LogP contribution in [0.5, 0.6) is 0 Å². The highest BCUT2D eigenvalue weighted by Crippen LogP contribution is 2.19. The van der Waals surface area contributed by atoms with E-state index in [4.69, 9.17) is 11.5 Å². The summed E-state index contributed by atoms with van der Waals surface area (Å²) in [5, 5.41) is 7.33. The molecule has 0 atom stereocenters. The van der Waals surface area contributed by atoms with E-state index in [2.05, 4.69) is 10.4 Å². The molecule has 19 heavy (non-hydrogen) atoms. The fourth-order valence-corrected chi connectivity index (χ4v) is 1.85. The predicted molar refractivity (Wildman–Crippen MR) is 74.8 cm³/mol. The number of aryl methyl sites for hydroxylation is 1. The minimum Gasteiger partial charge on any atom is -0.397 e. The van der Waals surface area contributed by atoms with E-state index in [1.165, 1.54) is 0 Å². The quantitative estimate of drug-likeness (QED) is 0.690. The number of nitrogens with zero attached hydrogens (tertiary/aromatic N) is 2. The van der Waals surface area contributed by atoms with Crippen LogP contribution in [0.15, 0.2) is 30.5 Å². The Bertz CT molecular complexity index is 590. The minimum absolute atomic E-state index is 0.412. The van der Waals surface area contributed by atoms with E-state index in [1.807, 2.05) is 17.8 Å². The molecule has 0 aliphatic rings. The largest absolute Gasteiger partial charge is 0.397 e. The normalized spacial score (nSPS) is 10.4. The van der Waals surface area contributed by atoms with Crippen molar-refractivity contribution < 1.29 is 4.79 Å². The summed E-state index contributed by atoms with van der Waals surface area (Å²) in [7, 11) is 1.91. The van der Waals surface area contributed by atoms with Crippen molar-refractivity contribution in [3.8, 4) is 0 Å². The van der Waals surface area contributed by atoms with E-state index < -0.39 is 5.91 Å². The number of hydrogen-bond acceptors (Lipinski definition) is 4. The number of anilines is 2. The van der Waals surface area contributed by atoms with Gasteiger partial charge in [-0.25, -0.2) is 0 Å². The molecule has 2 rings (SSSR count). The third kappa shape index (κ3) is 3.04. The maximum atomic E-state index is 11.0. The molecule has 0 saturated heterocycles. The van der Waals surface area contributed by atoms with Crippen molar-refractivity contribution in [1.82, 2.24) is 9.78 Å². The first-order valence-electron chi connectivity index (χ1n) is 5.98. The fourth-order valence-electron chi connectivity index (χ4n) is 1.85. The summed E-state index contributed by atoms with van der Waals surface area (Å²) in [6, 6.07) is 6.97. The molecule has 100 valence electrons. The lowest BCUT2D eigenvalue weighted by Crippen LogP contribution is -2.13. The van der Waals surface area contributed by atoms with E-state index >= 15 is 0 Å². The number of nitrogens with two attached hydrogens (primary N) is 2. The highest BCUT2D eigenvalue weighted by Gasteiger charge is 2.05. The van der Waals surface area contributed by atoms with Crippen LogP contribution in [0.4, 0.5) is 11.4 Å². The van der Waals surface area contributed by atoms with Gasteiger partial charge in [0.1, 0.15) is 0 Å². The standard InChI is InChI=1S/C13H17N5O/c1-18-10(5-7-17-18)4-6-16-12-3-2-9(13(15)19)8-11(12)14/h2-3,5,7-8,16H,4,6,14H2,1H3,(H2,15,19). The van der Waals surface area contributed by atoms with Crippen LogP contribution in [0.25, 0.3) is 0 Å². The molecule has 1 aromatic heterocycles. The Kier molecular flexibility index (Phi) is 3.70. The first-order valence-corrected chi connectivity index (χ1v) is 5.98. The molecule has 1 amide bonds. The highest BCUT2D eigenvalue weighted by atomic mass is 16.1. The van der Waals surface area contributed by atoms with Crippen molar-refractivity contribution in [1.29, 1.82) is 0 Å². The number of rotatable bonds is 5. The van der Waals surface area contributed by atoms with E-state index in [9.17, 15) is 4.79 Å². The van der Waals surface area contributed by atoms with Crippen molar-refractivity contribution in [2.45, 2.75) is 6.42 Å². The maximum Gasteiger partial charge on any atom is 0.248 e. The predicted octanol–water partition coefficient (Wildman–Crippen LogP) is 0.756. The Morgan fingerprint density at radius 2 is 2.21 bits per heavy atom. The Morgan fingerprint density at radius 1 is 1.42 bits per heavy atom. The molecule has 1 aromatic carbocycles. The molecule has 0 spiro atoms. The number of carbonyl (C=O) groups excluding carboxylic acids is 1. The van der Waals surface area contributed by atoms with E-state index in [-0.39, 0.29) is 0 Å². The molecule has 1 heterocycles. The van der Waals surface area contributed by atoms with Gasteiger partial charge in [0.2, 0.25) is 5.91 Å². The summed E-state index contributed by atoms with van der Waals surface area (Å²) in [6.45, 7) is 0.736. The number of primary amides is 1. The third-order valence-corrected chi connectivity index (χ3v) is 2.96. The second-order valence-electron chi connectivity index (χ2n) is 4.29. The average Bonchev–Trinajstić information content (AvgIpc) is 2.77. The molecule has 6 heteroatoms. The zero-order valence-electron chi connectivity index (χ0n) is 10.8.